The highest BCUT2D eigenvalue weighted by Gasteiger charge is 2.23. The van der Waals surface area contributed by atoms with Gasteiger partial charge in [0.25, 0.3) is 0 Å². The molecule has 1 saturated heterocycles. The Labute approximate surface area is 120 Å². The fraction of sp³-hybridized carbons (Fsp3) is 0.562. The van der Waals surface area contributed by atoms with Crippen molar-refractivity contribution in [2.75, 3.05) is 18.5 Å². The number of anilines is 1. The summed E-state index contributed by atoms with van der Waals surface area (Å²) < 4.78 is 5.44. The van der Waals surface area contributed by atoms with Crippen molar-refractivity contribution < 1.29 is 9.53 Å². The number of benzene rings is 1. The predicted molar refractivity (Wildman–Crippen MR) is 80.7 cm³/mol. The highest BCUT2D eigenvalue weighted by atomic mass is 16.5. The van der Waals surface area contributed by atoms with Gasteiger partial charge < -0.3 is 15.4 Å². The lowest BCUT2D eigenvalue weighted by atomic mass is 9.98. The lowest BCUT2D eigenvalue weighted by Crippen LogP contribution is -2.35. The summed E-state index contributed by atoms with van der Waals surface area (Å²) in [5, 5.41) is 6.45. The Kier molecular flexibility index (Phi) is 5.15. The Morgan fingerprint density at radius 1 is 1.40 bits per heavy atom. The zero-order valence-corrected chi connectivity index (χ0v) is 12.5. The Bertz CT molecular complexity index is 456. The van der Waals surface area contributed by atoms with Crippen molar-refractivity contribution in [3.63, 3.8) is 0 Å². The summed E-state index contributed by atoms with van der Waals surface area (Å²) >= 11 is 0. The molecule has 1 aromatic rings. The maximum atomic E-state index is 11.1. The molecular formula is C16H24N2O2. The molecule has 2 N–H and O–H groups in total. The molecule has 4 heteroatoms. The van der Waals surface area contributed by atoms with Crippen LogP contribution >= 0.6 is 0 Å². The highest BCUT2D eigenvalue weighted by molar-refractivity contribution is 5.88. The molecule has 20 heavy (non-hydrogen) atoms. The predicted octanol–water partition coefficient (Wildman–Crippen LogP) is 2.72. The van der Waals surface area contributed by atoms with Crippen LogP contribution < -0.4 is 10.6 Å². The lowest BCUT2D eigenvalue weighted by molar-refractivity contribution is -0.114. The van der Waals surface area contributed by atoms with E-state index in [-0.39, 0.29) is 11.9 Å². The van der Waals surface area contributed by atoms with E-state index < -0.39 is 0 Å². The number of carbonyl (C=O) groups excluding carboxylic acids is 1. The Hall–Kier alpha value is -1.39. The number of ether oxygens (including phenoxy) is 1. The molecule has 1 aliphatic rings. The van der Waals surface area contributed by atoms with Crippen LogP contribution in [-0.4, -0.2) is 25.2 Å². The Morgan fingerprint density at radius 2 is 2.20 bits per heavy atom. The SMILES string of the molecule is CC(=O)Nc1cccc(C(C)NC(C)C2CCOC2)c1. The molecule has 0 aliphatic carbocycles. The minimum Gasteiger partial charge on any atom is -0.381 e. The average Bonchev–Trinajstić information content (AvgIpc) is 2.92. The third-order valence-electron chi connectivity index (χ3n) is 3.89. The van der Waals surface area contributed by atoms with E-state index in [4.69, 9.17) is 4.74 Å². The molecule has 1 fully saturated rings. The molecule has 0 bridgehead atoms. The van der Waals surface area contributed by atoms with E-state index >= 15 is 0 Å². The topological polar surface area (TPSA) is 50.4 Å². The van der Waals surface area contributed by atoms with Crippen molar-refractivity contribution in [2.45, 2.75) is 39.3 Å². The molecule has 1 aliphatic heterocycles. The summed E-state index contributed by atoms with van der Waals surface area (Å²) in [5.74, 6) is 0.551. The van der Waals surface area contributed by atoms with Crippen LogP contribution in [0.15, 0.2) is 24.3 Å². The average molecular weight is 276 g/mol. The quantitative estimate of drug-likeness (QED) is 0.869. The van der Waals surface area contributed by atoms with E-state index in [1.165, 1.54) is 12.5 Å². The van der Waals surface area contributed by atoms with Gasteiger partial charge in [-0.25, -0.2) is 0 Å². The highest BCUT2D eigenvalue weighted by Crippen LogP contribution is 2.22. The molecule has 0 saturated carbocycles. The molecule has 0 aromatic heterocycles. The number of nitrogens with one attached hydrogen (secondary N) is 2. The smallest absolute Gasteiger partial charge is 0.221 e. The summed E-state index contributed by atoms with van der Waals surface area (Å²) in [6, 6.07) is 8.67. The van der Waals surface area contributed by atoms with Crippen LogP contribution in [0.4, 0.5) is 5.69 Å². The van der Waals surface area contributed by atoms with E-state index in [2.05, 4.69) is 30.5 Å². The fourth-order valence-corrected chi connectivity index (χ4v) is 2.66. The van der Waals surface area contributed by atoms with Crippen molar-refractivity contribution in [3.05, 3.63) is 29.8 Å². The summed E-state index contributed by atoms with van der Waals surface area (Å²) in [4.78, 5) is 11.1. The van der Waals surface area contributed by atoms with Gasteiger partial charge in [-0.15, -0.1) is 0 Å². The first-order valence-corrected chi connectivity index (χ1v) is 7.27. The second-order valence-corrected chi connectivity index (χ2v) is 5.61. The van der Waals surface area contributed by atoms with E-state index in [1.807, 2.05) is 18.2 Å². The molecular weight excluding hydrogens is 252 g/mol. The minimum atomic E-state index is -0.0424. The molecule has 4 nitrogen and oxygen atoms in total. The first kappa shape index (κ1) is 15.0. The third-order valence-corrected chi connectivity index (χ3v) is 3.89. The molecule has 1 heterocycles. The van der Waals surface area contributed by atoms with Gasteiger partial charge in [0.2, 0.25) is 5.91 Å². The van der Waals surface area contributed by atoms with Crippen LogP contribution in [0.3, 0.4) is 0 Å². The molecule has 3 unspecified atom stereocenters. The molecule has 1 amide bonds. The van der Waals surface area contributed by atoms with Gasteiger partial charge in [-0.3, -0.25) is 4.79 Å². The summed E-state index contributed by atoms with van der Waals surface area (Å²) in [5.41, 5.74) is 2.03. The molecule has 3 atom stereocenters. The lowest BCUT2D eigenvalue weighted by Gasteiger charge is -2.24. The van der Waals surface area contributed by atoms with E-state index in [1.54, 1.807) is 0 Å². The zero-order chi connectivity index (χ0) is 14.5. The van der Waals surface area contributed by atoms with Gasteiger partial charge in [-0.1, -0.05) is 12.1 Å². The third kappa shape index (κ3) is 4.05. The first-order chi connectivity index (χ1) is 9.56. The van der Waals surface area contributed by atoms with Crippen LogP contribution in [0.25, 0.3) is 0 Å². The maximum absolute atomic E-state index is 11.1. The van der Waals surface area contributed by atoms with Crippen LogP contribution in [0.1, 0.15) is 38.8 Å². The Morgan fingerprint density at radius 3 is 2.85 bits per heavy atom. The summed E-state index contributed by atoms with van der Waals surface area (Å²) in [6.07, 6.45) is 1.13. The van der Waals surface area contributed by atoms with Gasteiger partial charge >= 0.3 is 0 Å². The fourth-order valence-electron chi connectivity index (χ4n) is 2.66. The van der Waals surface area contributed by atoms with E-state index in [0.29, 0.717) is 12.0 Å². The van der Waals surface area contributed by atoms with Gasteiger partial charge in [0, 0.05) is 31.3 Å². The Balaban J connectivity index is 1.97. The molecule has 110 valence electrons. The molecule has 0 spiro atoms. The summed E-state index contributed by atoms with van der Waals surface area (Å²) in [6.45, 7) is 7.62. The van der Waals surface area contributed by atoms with Gasteiger partial charge in [-0.05, 0) is 43.9 Å². The normalized spacial score (nSPS) is 21.4. The number of hydrogen-bond acceptors (Lipinski definition) is 3. The van der Waals surface area contributed by atoms with Gasteiger partial charge in [0.15, 0.2) is 0 Å². The standard InChI is InChI=1S/C16H24N2O2/c1-11(17-12(2)15-7-8-20-10-15)14-5-4-6-16(9-14)18-13(3)19/h4-6,9,11-12,15,17H,7-8,10H2,1-3H3,(H,18,19). The number of amides is 1. The first-order valence-electron chi connectivity index (χ1n) is 7.27. The molecule has 2 rings (SSSR count). The number of hydrogen-bond donors (Lipinski definition) is 2. The number of carbonyl (C=O) groups is 1. The molecule has 1 aromatic carbocycles. The largest absolute Gasteiger partial charge is 0.381 e. The van der Waals surface area contributed by atoms with Gasteiger partial charge in [0.1, 0.15) is 0 Å². The van der Waals surface area contributed by atoms with Crippen molar-refractivity contribution in [2.24, 2.45) is 5.92 Å². The monoisotopic (exact) mass is 276 g/mol. The van der Waals surface area contributed by atoms with Crippen LogP contribution in [0.2, 0.25) is 0 Å². The maximum Gasteiger partial charge on any atom is 0.221 e. The number of rotatable bonds is 5. The second kappa shape index (κ2) is 6.86. The van der Waals surface area contributed by atoms with Crippen molar-refractivity contribution in [1.82, 2.24) is 5.32 Å². The van der Waals surface area contributed by atoms with Gasteiger partial charge in [0.05, 0.1) is 6.61 Å². The van der Waals surface area contributed by atoms with Crippen molar-refractivity contribution in [1.29, 1.82) is 0 Å². The van der Waals surface area contributed by atoms with Crippen molar-refractivity contribution in [3.8, 4) is 0 Å². The van der Waals surface area contributed by atoms with Crippen LogP contribution in [0.5, 0.6) is 0 Å². The minimum absolute atomic E-state index is 0.0424. The zero-order valence-electron chi connectivity index (χ0n) is 12.5. The van der Waals surface area contributed by atoms with E-state index in [9.17, 15) is 4.79 Å². The van der Waals surface area contributed by atoms with Crippen LogP contribution in [0, 0.1) is 5.92 Å². The second-order valence-electron chi connectivity index (χ2n) is 5.61. The van der Waals surface area contributed by atoms with Crippen molar-refractivity contribution >= 4 is 11.6 Å². The molecule has 0 radical (unpaired) electrons. The van der Waals surface area contributed by atoms with Crippen LogP contribution in [-0.2, 0) is 9.53 Å². The van der Waals surface area contributed by atoms with E-state index in [0.717, 1.165) is 25.3 Å². The van der Waals surface area contributed by atoms with Gasteiger partial charge in [-0.2, -0.15) is 0 Å². The summed E-state index contributed by atoms with van der Waals surface area (Å²) in [7, 11) is 0.